The van der Waals surface area contributed by atoms with Crippen LogP contribution in [0.5, 0.6) is 5.75 Å². The van der Waals surface area contributed by atoms with E-state index in [1.54, 1.807) is 62.5 Å². The van der Waals surface area contributed by atoms with Crippen molar-refractivity contribution in [2.75, 3.05) is 6.61 Å². The van der Waals surface area contributed by atoms with E-state index in [-0.39, 0.29) is 18.3 Å². The van der Waals surface area contributed by atoms with Gasteiger partial charge in [-0.15, -0.1) is 0 Å². The highest BCUT2D eigenvalue weighted by Crippen LogP contribution is 2.27. The molecule has 0 aliphatic carbocycles. The molecule has 0 saturated carbocycles. The Hall–Kier alpha value is -4.72. The van der Waals surface area contributed by atoms with E-state index < -0.39 is 5.97 Å². The second-order valence-electron chi connectivity index (χ2n) is 8.36. The van der Waals surface area contributed by atoms with Crippen molar-refractivity contribution in [1.82, 2.24) is 9.66 Å². The van der Waals surface area contributed by atoms with Gasteiger partial charge in [-0.1, -0.05) is 30.3 Å². The van der Waals surface area contributed by atoms with Gasteiger partial charge in [-0.25, -0.2) is 9.78 Å². The lowest BCUT2D eigenvalue weighted by Gasteiger charge is -2.09. The summed E-state index contributed by atoms with van der Waals surface area (Å²) in [5.41, 5.74) is 1.67. The van der Waals surface area contributed by atoms with Crippen LogP contribution < -0.4 is 10.3 Å². The number of carbonyl (C=O) groups is 1. The first-order valence-electron chi connectivity index (χ1n) is 11.5. The second kappa shape index (κ2) is 9.87. The maximum absolute atomic E-state index is 13.3. The molecule has 5 rings (SSSR count). The highest BCUT2D eigenvalue weighted by molar-refractivity contribution is 5.84. The van der Waals surface area contributed by atoms with Crippen molar-refractivity contribution in [2.45, 2.75) is 20.0 Å². The number of para-hydroxylation sites is 2. The highest BCUT2D eigenvalue weighted by Gasteiger charge is 2.16. The van der Waals surface area contributed by atoms with Crippen LogP contribution in [0.15, 0.2) is 93.2 Å². The molecule has 5 aromatic rings. The Labute approximate surface area is 206 Å². The first-order valence-corrected chi connectivity index (χ1v) is 11.5. The molecule has 2 aromatic heterocycles. The van der Waals surface area contributed by atoms with Crippen LogP contribution in [-0.2, 0) is 9.53 Å². The lowest BCUT2D eigenvalue weighted by atomic mass is 10.2. The molecule has 0 unspecified atom stereocenters. The Morgan fingerprint density at radius 1 is 1.06 bits per heavy atom. The Balaban J connectivity index is 1.46. The largest absolute Gasteiger partial charge is 0.482 e. The van der Waals surface area contributed by atoms with E-state index in [1.807, 2.05) is 36.4 Å². The fourth-order valence-corrected chi connectivity index (χ4v) is 3.70. The van der Waals surface area contributed by atoms with Crippen LogP contribution in [0.2, 0.25) is 0 Å². The zero-order chi connectivity index (χ0) is 25.1. The van der Waals surface area contributed by atoms with Gasteiger partial charge in [0.05, 0.1) is 23.2 Å². The van der Waals surface area contributed by atoms with Crippen LogP contribution in [-0.4, -0.2) is 34.6 Å². The van der Waals surface area contributed by atoms with Crippen molar-refractivity contribution >= 4 is 34.1 Å². The quantitative estimate of drug-likeness (QED) is 0.239. The van der Waals surface area contributed by atoms with E-state index in [2.05, 4.69) is 10.1 Å². The number of nitrogens with zero attached hydrogens (tertiary/aromatic N) is 3. The average Bonchev–Trinajstić information content (AvgIpc) is 3.31. The summed E-state index contributed by atoms with van der Waals surface area (Å²) in [6, 6.07) is 23.5. The minimum absolute atomic E-state index is 0.176. The van der Waals surface area contributed by atoms with Gasteiger partial charge in [-0.3, -0.25) is 4.79 Å². The molecular formula is C28H23N3O5. The van der Waals surface area contributed by atoms with Gasteiger partial charge in [-0.2, -0.15) is 9.78 Å². The number of furan rings is 1. The van der Waals surface area contributed by atoms with Crippen molar-refractivity contribution in [1.29, 1.82) is 0 Å². The molecule has 8 heteroatoms. The monoisotopic (exact) mass is 481 g/mol. The third-order valence-corrected chi connectivity index (χ3v) is 5.33. The van der Waals surface area contributed by atoms with E-state index in [9.17, 15) is 9.59 Å². The molecule has 0 spiro atoms. The zero-order valence-corrected chi connectivity index (χ0v) is 19.8. The lowest BCUT2D eigenvalue weighted by molar-refractivity contribution is -0.149. The molecule has 0 bridgehead atoms. The topological polar surface area (TPSA) is 95.9 Å². The predicted octanol–water partition coefficient (Wildman–Crippen LogP) is 5.02. The maximum atomic E-state index is 13.3. The Morgan fingerprint density at radius 2 is 1.81 bits per heavy atom. The predicted molar refractivity (Wildman–Crippen MR) is 137 cm³/mol. The van der Waals surface area contributed by atoms with Gasteiger partial charge in [-0.05, 0) is 67.9 Å². The summed E-state index contributed by atoms with van der Waals surface area (Å²) < 4.78 is 17.8. The third kappa shape index (κ3) is 4.88. The van der Waals surface area contributed by atoms with Gasteiger partial charge in [0.2, 0.25) is 5.82 Å². The number of aromatic nitrogens is 2. The van der Waals surface area contributed by atoms with Crippen LogP contribution in [0, 0.1) is 0 Å². The first-order chi connectivity index (χ1) is 17.5. The second-order valence-corrected chi connectivity index (χ2v) is 8.36. The van der Waals surface area contributed by atoms with E-state index in [0.717, 1.165) is 10.9 Å². The summed E-state index contributed by atoms with van der Waals surface area (Å²) in [5.74, 6) is 0.820. The molecule has 0 fully saturated rings. The van der Waals surface area contributed by atoms with Crippen LogP contribution in [0.3, 0.4) is 0 Å². The number of ether oxygens (including phenoxy) is 2. The number of carbonyl (C=O) groups excluding carboxylic acids is 1. The van der Waals surface area contributed by atoms with E-state index in [4.69, 9.17) is 13.9 Å². The van der Waals surface area contributed by atoms with Crippen molar-refractivity contribution in [3.05, 3.63) is 94.8 Å². The smallest absolute Gasteiger partial charge is 0.344 e. The summed E-state index contributed by atoms with van der Waals surface area (Å²) in [6.45, 7) is 3.38. The van der Waals surface area contributed by atoms with E-state index in [0.29, 0.717) is 33.8 Å². The maximum Gasteiger partial charge on any atom is 0.344 e. The first kappa shape index (κ1) is 23.0. The molecule has 0 aliphatic rings. The fourth-order valence-electron chi connectivity index (χ4n) is 3.70. The summed E-state index contributed by atoms with van der Waals surface area (Å²) >= 11 is 0. The van der Waals surface area contributed by atoms with E-state index >= 15 is 0 Å². The zero-order valence-electron chi connectivity index (χ0n) is 19.8. The Bertz CT molecular complexity index is 1600. The number of hydrogen-bond acceptors (Lipinski definition) is 7. The standard InChI is InChI=1S/C28H23N3O5/c1-18(2)35-26(32)17-34-21-13-11-19(12-14-21)16-29-31-27(25-15-20-7-3-6-10-24(20)36-25)30-23-9-5-4-8-22(23)28(31)33/h3-16,18H,17H2,1-2H3. The number of benzene rings is 3. The van der Waals surface area contributed by atoms with Gasteiger partial charge in [0.25, 0.3) is 5.56 Å². The van der Waals surface area contributed by atoms with Crippen molar-refractivity contribution < 1.29 is 18.7 Å². The van der Waals surface area contributed by atoms with Crippen molar-refractivity contribution in [2.24, 2.45) is 5.10 Å². The minimum atomic E-state index is -0.433. The molecule has 2 heterocycles. The van der Waals surface area contributed by atoms with Crippen LogP contribution >= 0.6 is 0 Å². The van der Waals surface area contributed by atoms with Crippen LogP contribution in [0.25, 0.3) is 33.5 Å². The Morgan fingerprint density at radius 3 is 2.58 bits per heavy atom. The lowest BCUT2D eigenvalue weighted by Crippen LogP contribution is -2.20. The molecular weight excluding hydrogens is 458 g/mol. The molecule has 36 heavy (non-hydrogen) atoms. The van der Waals surface area contributed by atoms with Gasteiger partial charge < -0.3 is 13.9 Å². The molecule has 180 valence electrons. The van der Waals surface area contributed by atoms with Gasteiger partial charge in [0.15, 0.2) is 12.4 Å². The molecule has 0 aliphatic heterocycles. The Kier molecular flexibility index (Phi) is 6.32. The number of rotatable bonds is 7. The van der Waals surface area contributed by atoms with Crippen molar-refractivity contribution in [3.63, 3.8) is 0 Å². The molecule has 0 amide bonds. The average molecular weight is 482 g/mol. The van der Waals surface area contributed by atoms with Crippen LogP contribution in [0.4, 0.5) is 0 Å². The summed E-state index contributed by atoms with van der Waals surface area (Å²) in [6.07, 6.45) is 1.36. The molecule has 0 saturated heterocycles. The molecule has 3 aromatic carbocycles. The summed E-state index contributed by atoms with van der Waals surface area (Å²) in [7, 11) is 0. The van der Waals surface area contributed by atoms with Crippen molar-refractivity contribution in [3.8, 4) is 17.3 Å². The molecule has 0 radical (unpaired) electrons. The minimum Gasteiger partial charge on any atom is -0.482 e. The van der Waals surface area contributed by atoms with Gasteiger partial charge in [0, 0.05) is 5.39 Å². The highest BCUT2D eigenvalue weighted by atomic mass is 16.6. The normalized spacial score (nSPS) is 11.5. The van der Waals surface area contributed by atoms with Crippen LogP contribution in [0.1, 0.15) is 19.4 Å². The SMILES string of the molecule is CC(C)OC(=O)COc1ccc(C=Nn2c(-c3cc4ccccc4o3)nc3ccccc3c2=O)cc1. The number of hydrogen-bond donors (Lipinski definition) is 0. The number of esters is 1. The summed E-state index contributed by atoms with van der Waals surface area (Å²) in [4.78, 5) is 29.7. The third-order valence-electron chi connectivity index (χ3n) is 5.33. The summed E-state index contributed by atoms with van der Waals surface area (Å²) in [5, 5.41) is 5.80. The molecule has 8 nitrogen and oxygen atoms in total. The molecule has 0 atom stereocenters. The molecule has 0 N–H and O–H groups in total. The van der Waals surface area contributed by atoms with E-state index in [1.165, 1.54) is 4.68 Å². The van der Waals surface area contributed by atoms with Gasteiger partial charge >= 0.3 is 5.97 Å². The number of fused-ring (bicyclic) bond motifs is 2. The van der Waals surface area contributed by atoms with Gasteiger partial charge in [0.1, 0.15) is 11.3 Å². The fraction of sp³-hybridized carbons (Fsp3) is 0.143.